The molecule has 0 spiro atoms. The molecule has 0 saturated heterocycles. The minimum Gasteiger partial charge on any atom is -0.444 e. The van der Waals surface area contributed by atoms with Gasteiger partial charge in [-0.2, -0.15) is 5.10 Å². The number of nitro benzene ring substituents is 1. The number of aryl methyl sites for hydroxylation is 1. The topological polar surface area (TPSA) is 116 Å². The van der Waals surface area contributed by atoms with Gasteiger partial charge in [0, 0.05) is 18.7 Å². The van der Waals surface area contributed by atoms with Crippen LogP contribution >= 0.6 is 27.5 Å². The predicted octanol–water partition coefficient (Wildman–Crippen LogP) is 5.61. The average molecular weight is 528 g/mol. The largest absolute Gasteiger partial charge is 0.444 e. The summed E-state index contributed by atoms with van der Waals surface area (Å²) in [6.07, 6.45) is -0.784. The summed E-state index contributed by atoms with van der Waals surface area (Å²) in [4.78, 5) is 36.4. The van der Waals surface area contributed by atoms with Gasteiger partial charge < -0.3 is 4.74 Å². The Bertz CT molecular complexity index is 1290. The molecule has 0 radical (unpaired) electrons. The number of hydrogen-bond acceptors (Lipinski definition) is 6. The summed E-state index contributed by atoms with van der Waals surface area (Å²) < 4.78 is 20.2. The van der Waals surface area contributed by atoms with Crippen LogP contribution in [0.3, 0.4) is 0 Å². The molecular weight excluding hydrogens is 511 g/mol. The molecule has 32 heavy (non-hydrogen) atoms. The van der Waals surface area contributed by atoms with E-state index in [1.165, 1.54) is 17.8 Å². The lowest BCUT2D eigenvalue weighted by Crippen LogP contribution is -2.27. The highest BCUT2D eigenvalue weighted by atomic mass is 79.9. The second-order valence-corrected chi connectivity index (χ2v) is 8.99. The van der Waals surface area contributed by atoms with E-state index in [2.05, 4.69) is 26.3 Å². The van der Waals surface area contributed by atoms with E-state index in [9.17, 15) is 24.1 Å². The zero-order valence-electron chi connectivity index (χ0n) is 17.3. The number of halogens is 3. The molecule has 0 saturated carbocycles. The summed E-state index contributed by atoms with van der Waals surface area (Å²) in [5.41, 5.74) is -1.76. The van der Waals surface area contributed by atoms with Crippen LogP contribution in [0, 0.1) is 15.9 Å². The van der Waals surface area contributed by atoms with Crippen LogP contribution in [0.4, 0.5) is 20.7 Å². The van der Waals surface area contributed by atoms with E-state index in [1.807, 2.05) is 0 Å². The second kappa shape index (κ2) is 8.47. The number of ketones is 1. The van der Waals surface area contributed by atoms with Crippen LogP contribution in [0.15, 0.2) is 28.7 Å². The van der Waals surface area contributed by atoms with Crippen molar-refractivity contribution in [3.63, 3.8) is 0 Å². The highest BCUT2D eigenvalue weighted by molar-refractivity contribution is 9.10. The molecule has 1 amide bonds. The first kappa shape index (κ1) is 23.6. The van der Waals surface area contributed by atoms with Crippen LogP contribution in [0.25, 0.3) is 10.9 Å². The van der Waals surface area contributed by atoms with Gasteiger partial charge in [-0.05, 0) is 54.9 Å². The number of rotatable bonds is 4. The standard InChI is InChI=1S/C20H17BrClFN4O5/c1-20(2,3)32-19(29)24-18-11-8-13(27(30)31)14(15(21)16(11)25-26(18)4)17(28)10-7-9(23)5-6-12(10)22/h5-8H,1-4H3,(H,24,29). The normalized spacial score (nSPS) is 11.5. The van der Waals surface area contributed by atoms with E-state index < -0.39 is 33.9 Å². The van der Waals surface area contributed by atoms with Crippen LogP contribution in [0.5, 0.6) is 0 Å². The summed E-state index contributed by atoms with van der Waals surface area (Å²) in [5.74, 6) is -1.46. The number of hydrogen-bond donors (Lipinski definition) is 1. The Morgan fingerprint density at radius 2 is 1.97 bits per heavy atom. The van der Waals surface area contributed by atoms with Crippen LogP contribution in [-0.2, 0) is 11.8 Å². The fourth-order valence-electron chi connectivity index (χ4n) is 2.99. The third-order valence-corrected chi connectivity index (χ3v) is 5.37. The van der Waals surface area contributed by atoms with Gasteiger partial charge in [0.05, 0.1) is 19.8 Å². The Labute approximate surface area is 194 Å². The first-order valence-corrected chi connectivity index (χ1v) is 10.3. The fourth-order valence-corrected chi connectivity index (χ4v) is 3.87. The summed E-state index contributed by atoms with van der Waals surface area (Å²) in [5, 5.41) is 18.7. The number of carbonyl (C=O) groups excluding carboxylic acids is 2. The van der Waals surface area contributed by atoms with Gasteiger partial charge in [0.1, 0.15) is 28.3 Å². The number of fused-ring (bicyclic) bond motifs is 1. The van der Waals surface area contributed by atoms with Crippen LogP contribution in [-0.4, -0.2) is 32.2 Å². The zero-order chi connectivity index (χ0) is 24.0. The Kier molecular flexibility index (Phi) is 6.25. The molecule has 0 aliphatic carbocycles. The molecule has 0 atom stereocenters. The number of anilines is 1. The quantitative estimate of drug-likeness (QED) is 0.268. The van der Waals surface area contributed by atoms with Crippen molar-refractivity contribution >= 4 is 61.8 Å². The number of amides is 1. The SMILES string of the molecule is Cn1nc2c(Br)c(C(=O)c3cc(F)ccc3Cl)c([N+](=O)[O-])cc2c1NC(=O)OC(C)(C)C. The predicted molar refractivity (Wildman–Crippen MR) is 120 cm³/mol. The maximum Gasteiger partial charge on any atom is 0.413 e. The number of nitrogens with one attached hydrogen (secondary N) is 1. The van der Waals surface area contributed by atoms with Crippen LogP contribution in [0.2, 0.25) is 5.02 Å². The number of benzene rings is 2. The zero-order valence-corrected chi connectivity index (χ0v) is 19.7. The van der Waals surface area contributed by atoms with Crippen LogP contribution < -0.4 is 5.32 Å². The third kappa shape index (κ3) is 4.58. The lowest BCUT2D eigenvalue weighted by molar-refractivity contribution is -0.385. The maximum absolute atomic E-state index is 13.7. The van der Waals surface area contributed by atoms with Crippen LogP contribution in [0.1, 0.15) is 36.7 Å². The molecule has 12 heteroatoms. The van der Waals surface area contributed by atoms with Crippen molar-refractivity contribution in [2.75, 3.05) is 5.32 Å². The van der Waals surface area contributed by atoms with Crippen molar-refractivity contribution in [1.29, 1.82) is 0 Å². The molecule has 2 aromatic carbocycles. The molecule has 1 aromatic heterocycles. The van der Waals surface area contributed by atoms with Crippen molar-refractivity contribution < 1.29 is 23.6 Å². The molecule has 168 valence electrons. The van der Waals surface area contributed by atoms with Crippen molar-refractivity contribution in [2.45, 2.75) is 26.4 Å². The molecule has 9 nitrogen and oxygen atoms in total. The molecule has 0 fully saturated rings. The van der Waals surface area contributed by atoms with Crippen molar-refractivity contribution in [3.05, 3.63) is 60.8 Å². The molecule has 1 N–H and O–H groups in total. The van der Waals surface area contributed by atoms with Gasteiger partial charge in [0.25, 0.3) is 5.69 Å². The minimum absolute atomic E-state index is 0.000123. The Morgan fingerprint density at radius 3 is 2.56 bits per heavy atom. The van der Waals surface area contributed by atoms with E-state index in [1.54, 1.807) is 20.8 Å². The summed E-state index contributed by atoms with van der Waals surface area (Å²) >= 11 is 9.25. The second-order valence-electron chi connectivity index (χ2n) is 7.79. The fraction of sp³-hybridized carbons (Fsp3) is 0.250. The van der Waals surface area contributed by atoms with Gasteiger partial charge in [0.15, 0.2) is 0 Å². The van der Waals surface area contributed by atoms with Gasteiger partial charge in [-0.25, -0.2) is 9.18 Å². The maximum atomic E-state index is 13.7. The lowest BCUT2D eigenvalue weighted by atomic mass is 10.00. The smallest absolute Gasteiger partial charge is 0.413 e. The first-order chi connectivity index (χ1) is 14.8. The van der Waals surface area contributed by atoms with Gasteiger partial charge in [-0.3, -0.25) is 24.9 Å². The van der Waals surface area contributed by atoms with Crippen molar-refractivity contribution in [2.24, 2.45) is 7.05 Å². The average Bonchev–Trinajstić information content (AvgIpc) is 2.97. The van der Waals surface area contributed by atoms with Gasteiger partial charge >= 0.3 is 6.09 Å². The molecule has 0 unspecified atom stereocenters. The number of nitrogens with zero attached hydrogens (tertiary/aromatic N) is 3. The van der Waals surface area contributed by atoms with E-state index in [4.69, 9.17) is 16.3 Å². The molecule has 0 aliphatic rings. The molecule has 0 aliphatic heterocycles. The van der Waals surface area contributed by atoms with E-state index in [0.717, 1.165) is 18.2 Å². The molecule has 3 rings (SSSR count). The number of ether oxygens (including phenoxy) is 1. The summed E-state index contributed by atoms with van der Waals surface area (Å²) in [7, 11) is 1.51. The Morgan fingerprint density at radius 1 is 1.31 bits per heavy atom. The van der Waals surface area contributed by atoms with Crippen molar-refractivity contribution in [1.82, 2.24) is 9.78 Å². The minimum atomic E-state index is -0.859. The van der Waals surface area contributed by atoms with Gasteiger partial charge in [-0.15, -0.1) is 0 Å². The van der Waals surface area contributed by atoms with Gasteiger partial charge in [-0.1, -0.05) is 11.6 Å². The highest BCUT2D eigenvalue weighted by Crippen LogP contribution is 2.39. The number of nitro groups is 1. The van der Waals surface area contributed by atoms with E-state index >= 15 is 0 Å². The summed E-state index contributed by atoms with van der Waals surface area (Å²) in [6, 6.07) is 4.27. The van der Waals surface area contributed by atoms with E-state index in [0.29, 0.717) is 0 Å². The van der Waals surface area contributed by atoms with E-state index in [-0.39, 0.29) is 37.3 Å². The lowest BCUT2D eigenvalue weighted by Gasteiger charge is -2.19. The van der Waals surface area contributed by atoms with Crippen molar-refractivity contribution in [3.8, 4) is 0 Å². The third-order valence-electron chi connectivity index (χ3n) is 4.26. The molecule has 1 heterocycles. The van der Waals surface area contributed by atoms with Gasteiger partial charge in [0.2, 0.25) is 5.78 Å². The summed E-state index contributed by atoms with van der Waals surface area (Å²) in [6.45, 7) is 5.06. The monoisotopic (exact) mass is 526 g/mol. The molecular formula is C20H17BrClFN4O5. The number of aromatic nitrogens is 2. The number of carbonyl (C=O) groups is 2. The Balaban J connectivity index is 2.20. The highest BCUT2D eigenvalue weighted by Gasteiger charge is 2.31. The first-order valence-electron chi connectivity index (χ1n) is 9.13. The Hall–Kier alpha value is -3.05. The molecule has 3 aromatic rings. The molecule has 0 bridgehead atoms.